The van der Waals surface area contributed by atoms with Crippen LogP contribution in [0.4, 0.5) is 0 Å². The molecule has 0 aliphatic rings. The van der Waals surface area contributed by atoms with Crippen molar-refractivity contribution >= 4 is 22.7 Å². The molecule has 0 aliphatic heterocycles. The van der Waals surface area contributed by atoms with E-state index in [0.29, 0.717) is 5.75 Å². The first kappa shape index (κ1) is 12.8. The third kappa shape index (κ3) is 2.31. The lowest BCUT2D eigenvalue weighted by molar-refractivity contribution is 1.39. The van der Waals surface area contributed by atoms with Crippen molar-refractivity contribution in [3.05, 3.63) is 54.1 Å². The number of hydrogen-bond donors (Lipinski definition) is 1. The number of benzene rings is 2. The predicted octanol–water partition coefficient (Wildman–Crippen LogP) is 4.76. The minimum Gasteiger partial charge on any atom is -0.354 e. The Hall–Kier alpha value is -2.18. The van der Waals surface area contributed by atoms with Gasteiger partial charge in [-0.1, -0.05) is 42.0 Å². The molecule has 0 spiro atoms. The molecule has 0 fully saturated rings. The Bertz CT molecular complexity index is 782. The van der Waals surface area contributed by atoms with E-state index < -0.39 is 0 Å². The minimum atomic E-state index is 0.459. The van der Waals surface area contributed by atoms with E-state index in [0.717, 1.165) is 21.7 Å². The summed E-state index contributed by atoms with van der Waals surface area (Å²) in [5, 5.41) is 10.1. The average Bonchev–Trinajstić information content (AvgIpc) is 2.84. The average molecular weight is 278 g/mol. The van der Waals surface area contributed by atoms with Crippen LogP contribution in [-0.2, 0) is 0 Å². The van der Waals surface area contributed by atoms with E-state index in [4.69, 9.17) is 5.26 Å². The molecule has 1 heterocycles. The number of aromatic amines is 1. The zero-order valence-electron chi connectivity index (χ0n) is 11.2. The largest absolute Gasteiger partial charge is 0.354 e. The van der Waals surface area contributed by atoms with Crippen LogP contribution in [0.3, 0.4) is 0 Å². The molecule has 3 aromatic rings. The molecule has 0 saturated carbocycles. The van der Waals surface area contributed by atoms with Gasteiger partial charge in [-0.15, -0.1) is 11.8 Å². The summed E-state index contributed by atoms with van der Waals surface area (Å²) in [5.74, 6) is 0.459. The lowest BCUT2D eigenvalue weighted by Gasteiger charge is -2.02. The van der Waals surface area contributed by atoms with E-state index in [-0.39, 0.29) is 0 Å². The van der Waals surface area contributed by atoms with Crippen LogP contribution in [0.25, 0.3) is 22.2 Å². The Morgan fingerprint density at radius 1 is 1.15 bits per heavy atom. The van der Waals surface area contributed by atoms with Crippen molar-refractivity contribution in [1.82, 2.24) is 4.98 Å². The number of hydrogen-bond acceptors (Lipinski definition) is 2. The number of nitrogens with one attached hydrogen (secondary N) is 1. The van der Waals surface area contributed by atoms with Gasteiger partial charge in [0.05, 0.1) is 17.5 Å². The summed E-state index contributed by atoms with van der Waals surface area (Å²) in [7, 11) is 0. The molecule has 20 heavy (non-hydrogen) atoms. The highest BCUT2D eigenvalue weighted by Gasteiger charge is 2.13. The summed E-state index contributed by atoms with van der Waals surface area (Å²) >= 11 is 1.59. The van der Waals surface area contributed by atoms with Gasteiger partial charge in [-0.2, -0.15) is 5.26 Å². The fourth-order valence-electron chi connectivity index (χ4n) is 2.34. The number of aromatic nitrogens is 1. The number of thioether (sulfide) groups is 1. The van der Waals surface area contributed by atoms with Crippen LogP contribution in [0.5, 0.6) is 0 Å². The number of nitrogens with zero attached hydrogens (tertiary/aromatic N) is 1. The third-order valence-electron chi connectivity index (χ3n) is 3.25. The molecule has 0 bridgehead atoms. The molecule has 2 aromatic carbocycles. The molecule has 0 amide bonds. The zero-order chi connectivity index (χ0) is 13.9. The monoisotopic (exact) mass is 278 g/mol. The van der Waals surface area contributed by atoms with Crippen LogP contribution in [-0.4, -0.2) is 10.7 Å². The van der Waals surface area contributed by atoms with E-state index >= 15 is 0 Å². The van der Waals surface area contributed by atoms with Crippen LogP contribution in [0.15, 0.2) is 53.4 Å². The standard InChI is InChI=1S/C17H14N2S/c1-12-7-8-15-14(11-12)17(20-10-9-18)16(19-15)13-5-3-2-4-6-13/h2-8,11,19H,10H2,1H3. The van der Waals surface area contributed by atoms with E-state index in [1.54, 1.807) is 11.8 Å². The molecule has 0 aliphatic carbocycles. The molecule has 1 N–H and O–H groups in total. The molecule has 3 rings (SSSR count). The molecule has 1 aromatic heterocycles. The smallest absolute Gasteiger partial charge is 0.0856 e. The molecular weight excluding hydrogens is 264 g/mol. The maximum absolute atomic E-state index is 8.87. The van der Waals surface area contributed by atoms with E-state index in [1.807, 2.05) is 18.2 Å². The van der Waals surface area contributed by atoms with Crippen molar-refractivity contribution in [1.29, 1.82) is 5.26 Å². The summed E-state index contributed by atoms with van der Waals surface area (Å²) in [4.78, 5) is 4.65. The quantitative estimate of drug-likeness (QED) is 0.702. The Labute approximate surface area is 122 Å². The van der Waals surface area contributed by atoms with Crippen molar-refractivity contribution in [2.45, 2.75) is 11.8 Å². The molecule has 3 heteroatoms. The molecule has 98 valence electrons. The Morgan fingerprint density at radius 3 is 2.70 bits per heavy atom. The third-order valence-corrected chi connectivity index (χ3v) is 4.24. The number of nitriles is 1. The molecule has 0 saturated heterocycles. The SMILES string of the molecule is Cc1ccc2[nH]c(-c3ccccc3)c(SCC#N)c2c1. The summed E-state index contributed by atoms with van der Waals surface area (Å²) < 4.78 is 0. The van der Waals surface area contributed by atoms with Crippen molar-refractivity contribution in [2.24, 2.45) is 0 Å². The topological polar surface area (TPSA) is 39.6 Å². The fraction of sp³-hybridized carbons (Fsp3) is 0.118. The van der Waals surface area contributed by atoms with Crippen molar-refractivity contribution in [3.63, 3.8) is 0 Å². The van der Waals surface area contributed by atoms with Gasteiger partial charge in [-0.25, -0.2) is 0 Å². The molecule has 2 nitrogen and oxygen atoms in total. The summed E-state index contributed by atoms with van der Waals surface area (Å²) in [6.07, 6.45) is 0. The van der Waals surface area contributed by atoms with Gasteiger partial charge < -0.3 is 4.98 Å². The highest BCUT2D eigenvalue weighted by atomic mass is 32.2. The Morgan fingerprint density at radius 2 is 1.95 bits per heavy atom. The van der Waals surface area contributed by atoms with Crippen molar-refractivity contribution in [3.8, 4) is 17.3 Å². The molecule has 0 unspecified atom stereocenters. The predicted molar refractivity (Wildman–Crippen MR) is 84.8 cm³/mol. The Balaban J connectivity index is 2.23. The normalized spacial score (nSPS) is 10.6. The molecule has 0 atom stereocenters. The van der Waals surface area contributed by atoms with Crippen molar-refractivity contribution in [2.75, 3.05) is 5.75 Å². The van der Waals surface area contributed by atoms with Gasteiger partial charge in [0.25, 0.3) is 0 Å². The number of fused-ring (bicyclic) bond motifs is 1. The second kappa shape index (κ2) is 5.44. The highest BCUT2D eigenvalue weighted by Crippen LogP contribution is 2.37. The van der Waals surface area contributed by atoms with Crippen molar-refractivity contribution < 1.29 is 0 Å². The van der Waals surface area contributed by atoms with Gasteiger partial charge >= 0.3 is 0 Å². The lowest BCUT2D eigenvalue weighted by Crippen LogP contribution is -1.80. The van der Waals surface area contributed by atoms with Gasteiger partial charge in [-0.3, -0.25) is 0 Å². The highest BCUT2D eigenvalue weighted by molar-refractivity contribution is 7.99. The Kier molecular flexibility index (Phi) is 3.49. The second-order valence-electron chi connectivity index (χ2n) is 4.69. The fourth-order valence-corrected chi connectivity index (χ4v) is 3.19. The number of rotatable bonds is 3. The maximum Gasteiger partial charge on any atom is 0.0856 e. The maximum atomic E-state index is 8.87. The second-order valence-corrected chi connectivity index (χ2v) is 5.68. The van der Waals surface area contributed by atoms with Gasteiger partial charge in [-0.05, 0) is 24.6 Å². The molecule has 0 radical (unpaired) electrons. The van der Waals surface area contributed by atoms with Gasteiger partial charge in [0.2, 0.25) is 0 Å². The van der Waals surface area contributed by atoms with Crippen LogP contribution >= 0.6 is 11.8 Å². The van der Waals surface area contributed by atoms with Crippen LogP contribution < -0.4 is 0 Å². The van der Waals surface area contributed by atoms with Crippen LogP contribution in [0.1, 0.15) is 5.56 Å². The number of aryl methyl sites for hydroxylation is 1. The summed E-state index contributed by atoms with van der Waals surface area (Å²) in [6.45, 7) is 2.09. The first-order chi connectivity index (χ1) is 9.79. The number of H-pyrrole nitrogens is 1. The van der Waals surface area contributed by atoms with E-state index in [2.05, 4.69) is 48.3 Å². The lowest BCUT2D eigenvalue weighted by atomic mass is 10.1. The minimum absolute atomic E-state index is 0.459. The molecular formula is C17H14N2S. The van der Waals surface area contributed by atoms with E-state index in [1.165, 1.54) is 10.9 Å². The van der Waals surface area contributed by atoms with Gasteiger partial charge in [0.1, 0.15) is 0 Å². The van der Waals surface area contributed by atoms with Gasteiger partial charge in [0.15, 0.2) is 0 Å². The summed E-state index contributed by atoms with van der Waals surface area (Å²) in [5.41, 5.74) is 4.61. The van der Waals surface area contributed by atoms with Crippen LogP contribution in [0, 0.1) is 18.3 Å². The zero-order valence-corrected chi connectivity index (χ0v) is 12.0. The summed E-state index contributed by atoms with van der Waals surface area (Å²) in [6, 6.07) is 18.9. The van der Waals surface area contributed by atoms with Gasteiger partial charge in [0, 0.05) is 15.8 Å². The first-order valence-electron chi connectivity index (χ1n) is 6.47. The first-order valence-corrected chi connectivity index (χ1v) is 7.45. The van der Waals surface area contributed by atoms with E-state index in [9.17, 15) is 0 Å². The van der Waals surface area contributed by atoms with Crippen LogP contribution in [0.2, 0.25) is 0 Å².